The fourth-order valence-corrected chi connectivity index (χ4v) is 13.4. The molecule has 18 rings (SSSR count). The van der Waals surface area contributed by atoms with Gasteiger partial charge in [0.2, 0.25) is 0 Å². The van der Waals surface area contributed by atoms with E-state index in [4.69, 9.17) is 13.7 Å². The summed E-state index contributed by atoms with van der Waals surface area (Å²) in [6.45, 7) is 4.08. The van der Waals surface area contributed by atoms with Crippen molar-refractivity contribution in [3.8, 4) is 33.4 Å². The van der Waals surface area contributed by atoms with Crippen LogP contribution in [0.5, 0.6) is 0 Å². The maximum atomic E-state index is 8.06. The van der Waals surface area contributed by atoms with Gasteiger partial charge in [-0.15, -0.1) is 0 Å². The van der Waals surface area contributed by atoms with Crippen molar-refractivity contribution >= 4 is 112 Å². The number of fused-ring (bicyclic) bond motifs is 3. The summed E-state index contributed by atoms with van der Waals surface area (Å²) < 4.78 is 78.3. The van der Waals surface area contributed by atoms with E-state index in [0.29, 0.717) is 11.3 Å². The van der Waals surface area contributed by atoms with Gasteiger partial charge >= 0.3 is 0 Å². The van der Waals surface area contributed by atoms with Crippen LogP contribution in [0, 0.1) is 13.8 Å². The molecule has 110 heavy (non-hydrogen) atoms. The standard InChI is InChI=1S/C38H28N2.C28H22N2.C20H19N.C18H15N/c1-2-14-33(15-3-1)40(38-19-9-13-31-11-5-7-17-36(31)38)34-26-22-29(23-27-34)28-20-24-32(25-21-28)39-37-18-8-12-30-10-4-6-16-35(30)37;1-3-12-23(13-4-1)29-24-18-20-26(21-19-24)30(25-14-5-2-6-15-25)28-17-9-11-22-10-7-8-16-27(22)28;1-15-12-16(2)14-20(13-15)21-19-10-8-18(9-11-19)17-6-4-3-5-7-17;1-3-7-15(8-4-1)16-11-13-18(14-12-16)19-17-9-5-2-6-10-17/h1-27,39H;1-21,29H;3-14,21H,1-2H3;1-14,19H/i;;3D,4D,5D,6D,7D;2D,5D,6D,9D,10D. The van der Waals surface area contributed by atoms with E-state index in [1.54, 1.807) is 12.1 Å². The molecule has 0 bridgehead atoms. The highest BCUT2D eigenvalue weighted by molar-refractivity contribution is 6.01. The first-order valence-corrected chi connectivity index (χ1v) is 36.5. The number of benzene rings is 18. The van der Waals surface area contributed by atoms with Crippen molar-refractivity contribution in [3.05, 3.63) is 460 Å². The zero-order valence-electron chi connectivity index (χ0n) is 70.8. The van der Waals surface area contributed by atoms with Gasteiger partial charge in [0, 0.05) is 84.4 Å². The molecular weight excluding hydrogens is 1330 g/mol. The van der Waals surface area contributed by atoms with Crippen LogP contribution in [0.15, 0.2) is 449 Å². The van der Waals surface area contributed by atoms with Crippen molar-refractivity contribution in [3.63, 3.8) is 0 Å². The van der Waals surface area contributed by atoms with E-state index < -0.39 is 6.04 Å². The van der Waals surface area contributed by atoms with Crippen molar-refractivity contribution in [1.82, 2.24) is 0 Å². The molecule has 0 heterocycles. The molecule has 6 nitrogen and oxygen atoms in total. The maximum Gasteiger partial charge on any atom is 0.0645 e. The molecule has 0 spiro atoms. The van der Waals surface area contributed by atoms with Crippen molar-refractivity contribution in [2.45, 2.75) is 13.8 Å². The molecule has 0 saturated heterocycles. The largest absolute Gasteiger partial charge is 0.356 e. The molecule has 4 N–H and O–H groups in total. The lowest BCUT2D eigenvalue weighted by Crippen LogP contribution is -2.10. The van der Waals surface area contributed by atoms with Crippen molar-refractivity contribution in [2.75, 3.05) is 31.1 Å². The summed E-state index contributed by atoms with van der Waals surface area (Å²) >= 11 is 0. The highest BCUT2D eigenvalue weighted by Gasteiger charge is 2.18. The van der Waals surface area contributed by atoms with Gasteiger partial charge in [-0.25, -0.2) is 0 Å². The number of para-hydroxylation sites is 4. The number of hydrogen-bond donors (Lipinski definition) is 4. The van der Waals surface area contributed by atoms with Crippen molar-refractivity contribution in [2.24, 2.45) is 0 Å². The molecule has 0 aliphatic heterocycles. The van der Waals surface area contributed by atoms with Gasteiger partial charge in [0.1, 0.15) is 0 Å². The van der Waals surface area contributed by atoms with Crippen LogP contribution in [0.3, 0.4) is 0 Å². The fraction of sp³-hybridized carbons (Fsp3) is 0.0192. The van der Waals surface area contributed by atoms with Gasteiger partial charge in [0.15, 0.2) is 0 Å². The molecule has 0 fully saturated rings. The first kappa shape index (κ1) is 59.8. The smallest absolute Gasteiger partial charge is 0.0645 e. The lowest BCUT2D eigenvalue weighted by atomic mass is 10.0. The monoisotopic (exact) mass is 1430 g/mol. The zero-order chi connectivity index (χ0) is 83.2. The summed E-state index contributed by atoms with van der Waals surface area (Å²) in [6, 6.07) is 130. The van der Waals surface area contributed by atoms with Crippen LogP contribution in [0.25, 0.3) is 65.7 Å². The molecule has 0 radical (unpaired) electrons. The van der Waals surface area contributed by atoms with Crippen LogP contribution >= 0.6 is 0 Å². The average Bonchev–Trinajstić information content (AvgIpc) is 0.794. The molecule has 0 unspecified atom stereocenters. The molecule has 530 valence electrons. The minimum Gasteiger partial charge on any atom is -0.356 e. The van der Waals surface area contributed by atoms with Crippen molar-refractivity contribution in [1.29, 1.82) is 0 Å². The van der Waals surface area contributed by atoms with Crippen LogP contribution < -0.4 is 31.1 Å². The Kier molecular flexibility index (Phi) is 19.1. The molecule has 0 saturated carbocycles. The quantitative estimate of drug-likeness (QED) is 0.0729. The number of hydrogen-bond acceptors (Lipinski definition) is 6. The number of rotatable bonds is 17. The summed E-state index contributed by atoms with van der Waals surface area (Å²) in [4.78, 5) is 4.65. The predicted octanol–water partition coefficient (Wildman–Crippen LogP) is 29.7. The van der Waals surface area contributed by atoms with Crippen LogP contribution in [-0.4, -0.2) is 0 Å². The first-order valence-electron chi connectivity index (χ1n) is 41.5. The van der Waals surface area contributed by atoms with Gasteiger partial charge in [-0.3, -0.25) is 0 Å². The van der Waals surface area contributed by atoms with E-state index in [-0.39, 0.29) is 65.6 Å². The van der Waals surface area contributed by atoms with Crippen LogP contribution in [0.1, 0.15) is 24.8 Å². The van der Waals surface area contributed by atoms with E-state index >= 15 is 0 Å². The fourth-order valence-electron chi connectivity index (χ4n) is 13.4. The molecule has 0 atom stereocenters. The summed E-state index contributed by atoms with van der Waals surface area (Å²) in [6.07, 6.45) is 0. The molecule has 0 amide bonds. The van der Waals surface area contributed by atoms with Crippen LogP contribution in [0.2, 0.25) is 0 Å². The summed E-state index contributed by atoms with van der Waals surface area (Å²) in [7, 11) is 0. The summed E-state index contributed by atoms with van der Waals surface area (Å²) in [5, 5.41) is 20.7. The van der Waals surface area contributed by atoms with Gasteiger partial charge in [-0.2, -0.15) is 0 Å². The van der Waals surface area contributed by atoms with E-state index in [9.17, 15) is 0 Å². The Hall–Kier alpha value is -14.5. The molecule has 18 aromatic carbocycles. The predicted molar refractivity (Wildman–Crippen MR) is 472 cm³/mol. The molecule has 18 aromatic rings. The minimum atomic E-state index is -0.394. The van der Waals surface area contributed by atoms with Crippen LogP contribution in [0.4, 0.5) is 79.6 Å². The Morgan fingerprint density at radius 1 is 0.209 bits per heavy atom. The Morgan fingerprint density at radius 3 is 1.00 bits per heavy atom. The summed E-state index contributed by atoms with van der Waals surface area (Å²) in [5.74, 6) is 0. The maximum absolute atomic E-state index is 8.06. The second kappa shape index (κ2) is 35.1. The molecule has 0 aromatic heterocycles. The second-order valence-electron chi connectivity index (χ2n) is 26.3. The normalized spacial score (nSPS) is 11.9. The Morgan fingerprint density at radius 2 is 0.518 bits per heavy atom. The van der Waals surface area contributed by atoms with Gasteiger partial charge in [0.05, 0.1) is 25.1 Å². The number of nitrogens with one attached hydrogen (secondary N) is 4. The van der Waals surface area contributed by atoms with Gasteiger partial charge < -0.3 is 31.1 Å². The second-order valence-corrected chi connectivity index (χ2v) is 26.3. The molecule has 0 aliphatic carbocycles. The number of aryl methyl sites for hydroxylation is 2. The van der Waals surface area contributed by atoms with E-state index in [2.05, 4.69) is 322 Å². The highest BCUT2D eigenvalue weighted by Crippen LogP contribution is 2.42. The molecule has 6 heteroatoms. The molecular formula is C104H84N6. The number of nitrogens with zero attached hydrogens (tertiary/aromatic N) is 2. The van der Waals surface area contributed by atoms with Gasteiger partial charge in [-0.1, -0.05) is 297 Å². The average molecular weight is 1430 g/mol. The third kappa shape index (κ3) is 18.1. The number of anilines is 14. The zero-order valence-corrected chi connectivity index (χ0v) is 60.8. The summed E-state index contributed by atoms with van der Waals surface area (Å²) in [5.41, 5.74) is 21.4. The first-order chi connectivity index (χ1) is 58.5. The van der Waals surface area contributed by atoms with E-state index in [0.717, 1.165) is 68.0 Å². The lowest BCUT2D eigenvalue weighted by molar-refractivity contribution is 1.30. The Labute approximate surface area is 660 Å². The SMILES string of the molecule is [2H]c1c([2H])c([2H])c(-c2ccc(Nc3cc(C)cc(C)c3)cc2)c([2H])c1[2H].[2H]c1c([2H])c([2H])c(Nc2ccc(-c3ccccc3)cc2)c([2H])c1[2H].c1ccc(N(c2ccc(-c3ccc(Nc4cccc5ccccc45)cc3)cc2)c2cccc3ccccc23)cc1.c1ccc(Nc2ccc(N(c3ccccc3)c3cccc4ccccc34)cc2)cc1. The third-order valence-corrected chi connectivity index (χ3v) is 18.6. The van der Waals surface area contributed by atoms with E-state index in [1.165, 1.54) is 65.9 Å². The van der Waals surface area contributed by atoms with Crippen molar-refractivity contribution < 1.29 is 13.7 Å². The lowest BCUT2D eigenvalue weighted by Gasteiger charge is -2.27. The highest BCUT2D eigenvalue weighted by atomic mass is 15.1. The van der Waals surface area contributed by atoms with Gasteiger partial charge in [0.25, 0.3) is 0 Å². The topological polar surface area (TPSA) is 54.6 Å². The van der Waals surface area contributed by atoms with Crippen LogP contribution in [-0.2, 0) is 0 Å². The third-order valence-electron chi connectivity index (χ3n) is 18.6. The molecule has 0 aliphatic rings. The van der Waals surface area contributed by atoms with Gasteiger partial charge in [-0.05, 0) is 226 Å². The Balaban J connectivity index is 0.000000127. The Bertz CT molecular complexity index is 6500. The minimum absolute atomic E-state index is 0.0773. The van der Waals surface area contributed by atoms with E-state index in [1.807, 2.05) is 98.8 Å².